The zero-order valence-electron chi connectivity index (χ0n) is 24.4. The predicted molar refractivity (Wildman–Crippen MR) is 155 cm³/mol. The zero-order chi connectivity index (χ0) is 29.8. The normalized spacial score (nSPS) is 28.6. The van der Waals surface area contributed by atoms with E-state index < -0.39 is 52.5 Å². The smallest absolute Gasteiger partial charge is 0.408 e. The van der Waals surface area contributed by atoms with E-state index in [1.807, 2.05) is 31.2 Å². The molecule has 0 aromatic heterocycles. The van der Waals surface area contributed by atoms with Crippen LogP contribution >= 0.6 is 0 Å². The van der Waals surface area contributed by atoms with Gasteiger partial charge in [0.25, 0.3) is 5.91 Å². The second-order valence-corrected chi connectivity index (χ2v) is 13.5. The number of amides is 4. The number of benzene rings is 1. The van der Waals surface area contributed by atoms with E-state index in [0.717, 1.165) is 31.2 Å². The number of nitrogens with one attached hydrogen (secondary N) is 3. The molecule has 0 spiro atoms. The summed E-state index contributed by atoms with van der Waals surface area (Å²) in [4.78, 5) is 55.4. The molecule has 4 amide bonds. The molecule has 41 heavy (non-hydrogen) atoms. The van der Waals surface area contributed by atoms with Crippen LogP contribution in [0.3, 0.4) is 0 Å². The molecular formula is C30H42N4O6S. The van der Waals surface area contributed by atoms with Crippen LogP contribution in [0, 0.1) is 12.8 Å². The fraction of sp³-hybridized carbons (Fsp3) is 0.600. The first-order chi connectivity index (χ1) is 19.4. The van der Waals surface area contributed by atoms with E-state index in [9.17, 15) is 23.7 Å². The van der Waals surface area contributed by atoms with Crippen LogP contribution in [0.2, 0.25) is 0 Å². The number of carbonyl (C=O) groups excluding carboxylic acids is 4. The van der Waals surface area contributed by atoms with Crippen molar-refractivity contribution in [2.75, 3.05) is 6.54 Å². The van der Waals surface area contributed by atoms with Gasteiger partial charge in [-0.05, 0) is 78.4 Å². The summed E-state index contributed by atoms with van der Waals surface area (Å²) in [5.74, 6) is -1.50. The molecule has 2 fully saturated rings. The van der Waals surface area contributed by atoms with E-state index >= 15 is 0 Å². The highest BCUT2D eigenvalue weighted by Gasteiger charge is 2.61. The van der Waals surface area contributed by atoms with E-state index in [1.54, 1.807) is 32.9 Å². The number of hydrogen-bond donors (Lipinski definition) is 3. The molecule has 1 aliphatic carbocycles. The van der Waals surface area contributed by atoms with Gasteiger partial charge in [-0.2, -0.15) is 4.72 Å². The lowest BCUT2D eigenvalue weighted by molar-refractivity contribution is -0.141. The van der Waals surface area contributed by atoms with Crippen molar-refractivity contribution >= 4 is 35.2 Å². The summed E-state index contributed by atoms with van der Waals surface area (Å²) in [5, 5.41) is 5.67. The molecule has 2 aliphatic heterocycles. The fourth-order valence-electron chi connectivity index (χ4n) is 5.44. The van der Waals surface area contributed by atoms with E-state index in [0.29, 0.717) is 37.1 Å². The number of rotatable bonds is 4. The highest BCUT2D eigenvalue weighted by molar-refractivity contribution is 7.90. The minimum atomic E-state index is -1.79. The quantitative estimate of drug-likeness (QED) is 0.365. The van der Waals surface area contributed by atoms with Crippen molar-refractivity contribution in [3.63, 3.8) is 0 Å². The number of aryl methyl sites for hydroxylation is 1. The first kappa shape index (κ1) is 30.9. The third kappa shape index (κ3) is 7.82. The SMILES string of the molecule is Cc1ccc([S@+]([O-])NC(=O)[C@@]23C[C@H]2/C=C\CCCCC[C@H](NC(=O)OC(C)(C)C)C(=O)N2CCC[C@H]2C(=O)N3)cc1. The van der Waals surface area contributed by atoms with Crippen LogP contribution < -0.4 is 15.4 Å². The molecule has 5 atom stereocenters. The number of hydrogen-bond acceptors (Lipinski definition) is 6. The summed E-state index contributed by atoms with van der Waals surface area (Å²) in [5.41, 5.74) is -0.940. The van der Waals surface area contributed by atoms with Gasteiger partial charge in [-0.25, -0.2) is 4.79 Å². The van der Waals surface area contributed by atoms with Crippen molar-refractivity contribution in [3.05, 3.63) is 42.0 Å². The largest absolute Gasteiger partial charge is 0.588 e. The molecule has 11 heteroatoms. The number of ether oxygens (including phenoxy) is 1. The lowest BCUT2D eigenvalue weighted by Gasteiger charge is -2.30. The molecule has 224 valence electrons. The van der Waals surface area contributed by atoms with Crippen LogP contribution in [0.15, 0.2) is 41.3 Å². The summed E-state index contributed by atoms with van der Waals surface area (Å²) >= 11 is -1.79. The molecule has 10 nitrogen and oxygen atoms in total. The van der Waals surface area contributed by atoms with Gasteiger partial charge in [-0.3, -0.25) is 14.4 Å². The molecule has 3 aliphatic rings. The average molecular weight is 587 g/mol. The van der Waals surface area contributed by atoms with Crippen LogP contribution in [-0.2, 0) is 30.5 Å². The second kappa shape index (κ2) is 12.9. The minimum Gasteiger partial charge on any atom is -0.588 e. The number of fused-ring (bicyclic) bond motifs is 2. The van der Waals surface area contributed by atoms with Crippen LogP contribution in [-0.4, -0.2) is 63.0 Å². The Balaban J connectivity index is 1.52. The number of carbonyl (C=O) groups is 4. The van der Waals surface area contributed by atoms with Gasteiger partial charge in [0.1, 0.15) is 34.6 Å². The van der Waals surface area contributed by atoms with Crippen molar-refractivity contribution < 1.29 is 28.5 Å². The van der Waals surface area contributed by atoms with Gasteiger partial charge in [-0.1, -0.05) is 42.7 Å². The summed E-state index contributed by atoms with van der Waals surface area (Å²) in [6, 6.07) is 5.46. The van der Waals surface area contributed by atoms with E-state index in [2.05, 4.69) is 15.4 Å². The second-order valence-electron chi connectivity index (χ2n) is 12.2. The molecule has 0 bridgehead atoms. The van der Waals surface area contributed by atoms with Crippen molar-refractivity contribution in [3.8, 4) is 0 Å². The van der Waals surface area contributed by atoms with Crippen LogP contribution in [0.25, 0.3) is 0 Å². The molecule has 1 aromatic carbocycles. The topological polar surface area (TPSA) is 140 Å². The fourth-order valence-corrected chi connectivity index (χ4v) is 6.29. The lowest BCUT2D eigenvalue weighted by atomic mass is 10.0. The Hall–Kier alpha value is -3.05. The molecule has 0 unspecified atom stereocenters. The van der Waals surface area contributed by atoms with Crippen LogP contribution in [0.5, 0.6) is 0 Å². The first-order valence-corrected chi connectivity index (χ1v) is 15.6. The highest BCUT2D eigenvalue weighted by Crippen LogP contribution is 2.45. The number of allylic oxidation sites excluding steroid dienone is 1. The van der Waals surface area contributed by atoms with Crippen molar-refractivity contribution in [2.45, 2.75) is 107 Å². The maximum Gasteiger partial charge on any atom is 0.408 e. The molecule has 1 aromatic rings. The minimum absolute atomic E-state index is 0.237. The van der Waals surface area contributed by atoms with Gasteiger partial charge in [0, 0.05) is 12.5 Å². The van der Waals surface area contributed by atoms with Crippen molar-refractivity contribution in [1.29, 1.82) is 0 Å². The Bertz CT molecular complexity index is 1170. The van der Waals surface area contributed by atoms with Gasteiger partial charge < -0.3 is 24.8 Å². The van der Waals surface area contributed by atoms with Gasteiger partial charge in [0.2, 0.25) is 11.8 Å². The lowest BCUT2D eigenvalue weighted by Crippen LogP contribution is -2.58. The highest BCUT2D eigenvalue weighted by atomic mass is 32.2. The molecule has 1 saturated heterocycles. The Morgan fingerprint density at radius 1 is 1.10 bits per heavy atom. The Morgan fingerprint density at radius 2 is 1.83 bits per heavy atom. The van der Waals surface area contributed by atoms with E-state index in [4.69, 9.17) is 4.74 Å². The standard InChI is InChI=1S/C30H42N4O6S/c1-20-14-16-22(17-15-20)41(39)33-27(37)30-19-21(30)11-8-6-5-7-9-12-23(31-28(38)40-29(2,3)4)26(36)34-18-10-13-24(34)25(35)32-30/h8,11,14-17,21,23-24H,5-7,9-10,12-13,18-19H2,1-4H3,(H,31,38)(H,32,35)(H,33,37)/b11-8-/t21-,23+,24+,30-,41+/m1/s1. The summed E-state index contributed by atoms with van der Waals surface area (Å²) in [6.07, 6.45) is 8.45. The molecule has 3 N–H and O–H groups in total. The van der Waals surface area contributed by atoms with Crippen LogP contribution in [0.1, 0.15) is 77.7 Å². The van der Waals surface area contributed by atoms with Gasteiger partial charge in [-0.15, -0.1) is 0 Å². The number of alkyl carbamates (subject to hydrolysis) is 1. The van der Waals surface area contributed by atoms with E-state index in [1.165, 1.54) is 4.90 Å². The van der Waals surface area contributed by atoms with Crippen molar-refractivity contribution in [1.82, 2.24) is 20.3 Å². The first-order valence-electron chi connectivity index (χ1n) is 14.5. The molecule has 2 heterocycles. The van der Waals surface area contributed by atoms with Gasteiger partial charge in [0.05, 0.1) is 0 Å². The summed E-state index contributed by atoms with van der Waals surface area (Å²) < 4.78 is 20.9. The Kier molecular flexibility index (Phi) is 9.69. The molecule has 1 saturated carbocycles. The summed E-state index contributed by atoms with van der Waals surface area (Å²) in [7, 11) is 0. The Morgan fingerprint density at radius 3 is 2.54 bits per heavy atom. The maximum absolute atomic E-state index is 13.7. The molecule has 4 rings (SSSR count). The van der Waals surface area contributed by atoms with Crippen LogP contribution in [0.4, 0.5) is 4.79 Å². The monoisotopic (exact) mass is 586 g/mol. The molecular weight excluding hydrogens is 544 g/mol. The molecule has 0 radical (unpaired) electrons. The zero-order valence-corrected chi connectivity index (χ0v) is 25.2. The van der Waals surface area contributed by atoms with Gasteiger partial charge >= 0.3 is 6.09 Å². The Labute approximate surface area is 245 Å². The van der Waals surface area contributed by atoms with Gasteiger partial charge in [0.15, 0.2) is 4.90 Å². The van der Waals surface area contributed by atoms with E-state index in [-0.39, 0.29) is 11.8 Å². The number of nitrogens with zero attached hydrogens (tertiary/aromatic N) is 1. The maximum atomic E-state index is 13.7. The van der Waals surface area contributed by atoms with Crippen molar-refractivity contribution in [2.24, 2.45) is 5.92 Å². The predicted octanol–water partition coefficient (Wildman–Crippen LogP) is 3.41. The third-order valence-electron chi connectivity index (χ3n) is 7.75. The average Bonchev–Trinajstić information content (AvgIpc) is 3.35. The third-order valence-corrected chi connectivity index (χ3v) is 8.82. The summed E-state index contributed by atoms with van der Waals surface area (Å²) in [6.45, 7) is 7.57.